The van der Waals surface area contributed by atoms with Crippen molar-refractivity contribution in [2.24, 2.45) is 5.92 Å². The molecule has 0 saturated carbocycles. The van der Waals surface area contributed by atoms with Crippen LogP contribution in [0.25, 0.3) is 0 Å². The maximum absolute atomic E-state index is 10.1. The Morgan fingerprint density at radius 1 is 1.64 bits per heavy atom. The average molecular weight is 156 g/mol. The monoisotopic (exact) mass is 156 g/mol. The normalized spacial score (nSPS) is 13.6. The third-order valence-corrected chi connectivity index (χ3v) is 1.58. The van der Waals surface area contributed by atoms with Crippen molar-refractivity contribution in [3.05, 3.63) is 12.2 Å². The lowest BCUT2D eigenvalue weighted by Gasteiger charge is -2.04. The number of aliphatic carboxylic acids is 1. The minimum atomic E-state index is -0.853. The van der Waals surface area contributed by atoms with Crippen LogP contribution < -0.4 is 0 Å². The highest BCUT2D eigenvalue weighted by atomic mass is 16.4. The van der Waals surface area contributed by atoms with Gasteiger partial charge in [-0.1, -0.05) is 32.8 Å². The van der Waals surface area contributed by atoms with Crippen molar-refractivity contribution < 1.29 is 9.90 Å². The smallest absolute Gasteiger partial charge is 0.327 e. The van der Waals surface area contributed by atoms with Crippen molar-refractivity contribution in [3.8, 4) is 0 Å². The first-order valence-electron chi connectivity index (χ1n) is 4.06. The summed E-state index contributed by atoms with van der Waals surface area (Å²) in [7, 11) is 0. The fourth-order valence-corrected chi connectivity index (χ4v) is 1.01. The average Bonchev–Trinajstić information content (AvgIpc) is 1.87. The molecule has 0 radical (unpaired) electrons. The van der Waals surface area contributed by atoms with Gasteiger partial charge in [-0.05, 0) is 12.3 Å². The Labute approximate surface area is 67.9 Å². The van der Waals surface area contributed by atoms with Gasteiger partial charge in [0, 0.05) is 6.08 Å². The van der Waals surface area contributed by atoms with Crippen LogP contribution in [0.4, 0.5) is 0 Å². The summed E-state index contributed by atoms with van der Waals surface area (Å²) in [6, 6.07) is 0. The molecule has 0 amide bonds. The highest BCUT2D eigenvalue weighted by molar-refractivity contribution is 5.79. The highest BCUT2D eigenvalue weighted by Gasteiger charge is 1.96. The summed E-state index contributed by atoms with van der Waals surface area (Å²) >= 11 is 0. The summed E-state index contributed by atoms with van der Waals surface area (Å²) in [5.74, 6) is -0.246. The van der Waals surface area contributed by atoms with Gasteiger partial charge in [0.25, 0.3) is 0 Å². The van der Waals surface area contributed by atoms with Crippen molar-refractivity contribution in [3.63, 3.8) is 0 Å². The van der Waals surface area contributed by atoms with E-state index in [1.54, 1.807) is 6.08 Å². The number of carbonyl (C=O) groups is 1. The first kappa shape index (κ1) is 10.2. The maximum atomic E-state index is 10.1. The zero-order valence-corrected chi connectivity index (χ0v) is 7.21. The molecule has 0 fully saturated rings. The Bertz CT molecular complexity index is 138. The molecule has 0 aromatic rings. The molecule has 0 heterocycles. The van der Waals surface area contributed by atoms with Crippen molar-refractivity contribution in [2.75, 3.05) is 0 Å². The molecule has 11 heavy (non-hydrogen) atoms. The third kappa shape index (κ3) is 7.10. The van der Waals surface area contributed by atoms with Gasteiger partial charge in [-0.2, -0.15) is 0 Å². The molecule has 2 nitrogen and oxygen atoms in total. The van der Waals surface area contributed by atoms with Crippen molar-refractivity contribution in [2.45, 2.75) is 33.1 Å². The summed E-state index contributed by atoms with van der Waals surface area (Å²) in [5, 5.41) is 8.27. The van der Waals surface area contributed by atoms with E-state index in [0.29, 0.717) is 5.92 Å². The van der Waals surface area contributed by atoms with Crippen LogP contribution in [0.3, 0.4) is 0 Å². The zero-order chi connectivity index (χ0) is 8.69. The molecule has 0 saturated heterocycles. The summed E-state index contributed by atoms with van der Waals surface area (Å²) in [6.45, 7) is 4.27. The molecule has 64 valence electrons. The lowest BCUT2D eigenvalue weighted by Crippen LogP contribution is -1.92. The molecule has 2 heteroatoms. The molecule has 0 aliphatic heterocycles. The van der Waals surface area contributed by atoms with Gasteiger partial charge in [0.05, 0.1) is 0 Å². The van der Waals surface area contributed by atoms with Crippen molar-refractivity contribution in [1.29, 1.82) is 0 Å². The highest BCUT2D eigenvalue weighted by Crippen LogP contribution is 2.09. The third-order valence-electron chi connectivity index (χ3n) is 1.58. The zero-order valence-electron chi connectivity index (χ0n) is 7.21. The summed E-state index contributed by atoms with van der Waals surface area (Å²) in [5.41, 5.74) is 0. The Morgan fingerprint density at radius 3 is 2.73 bits per heavy atom. The molecule has 0 aromatic carbocycles. The van der Waals surface area contributed by atoms with Gasteiger partial charge in [-0.25, -0.2) is 4.79 Å². The molecule has 0 aromatic heterocycles. The fourth-order valence-electron chi connectivity index (χ4n) is 1.01. The van der Waals surface area contributed by atoms with E-state index in [4.69, 9.17) is 5.11 Å². The van der Waals surface area contributed by atoms with Crippen LogP contribution in [0.2, 0.25) is 0 Å². The second-order valence-corrected chi connectivity index (χ2v) is 2.87. The maximum Gasteiger partial charge on any atom is 0.327 e. The largest absolute Gasteiger partial charge is 0.478 e. The molecule has 0 aliphatic carbocycles. The molecular formula is C9H16O2. The van der Waals surface area contributed by atoms with Crippen molar-refractivity contribution in [1.82, 2.24) is 0 Å². The Kier molecular flexibility index (Phi) is 5.53. The van der Waals surface area contributed by atoms with Gasteiger partial charge in [0.2, 0.25) is 0 Å². The van der Waals surface area contributed by atoms with E-state index < -0.39 is 5.97 Å². The number of hydrogen-bond donors (Lipinski definition) is 1. The molecule has 0 spiro atoms. The standard InChI is InChI=1S/C9H16O2/c1-3-5-8(2)6-4-7-9(10)11/h4,7-8H,3,5-6H2,1-2H3,(H,10,11)/t8-/m1/s1. The first-order valence-corrected chi connectivity index (χ1v) is 4.06. The van der Waals surface area contributed by atoms with E-state index in [1.807, 2.05) is 0 Å². The van der Waals surface area contributed by atoms with Crippen LogP contribution in [-0.4, -0.2) is 11.1 Å². The van der Waals surface area contributed by atoms with E-state index in [1.165, 1.54) is 18.9 Å². The minimum absolute atomic E-state index is 0.607. The second-order valence-electron chi connectivity index (χ2n) is 2.87. The second kappa shape index (κ2) is 5.96. The summed E-state index contributed by atoms with van der Waals surface area (Å²) in [6.07, 6.45) is 6.15. The SMILES string of the molecule is CCC[C@@H](C)CC=CC(=O)O. The first-order chi connectivity index (χ1) is 5.16. The number of rotatable bonds is 5. The van der Waals surface area contributed by atoms with Crippen LogP contribution in [0.1, 0.15) is 33.1 Å². The van der Waals surface area contributed by atoms with Gasteiger partial charge in [0.1, 0.15) is 0 Å². The predicted molar refractivity (Wildman–Crippen MR) is 45.5 cm³/mol. The van der Waals surface area contributed by atoms with Gasteiger partial charge in [0.15, 0.2) is 0 Å². The molecule has 0 bridgehead atoms. The topological polar surface area (TPSA) is 37.3 Å². The molecule has 1 atom stereocenters. The lowest BCUT2D eigenvalue weighted by molar-refractivity contribution is -0.131. The predicted octanol–water partition coefficient (Wildman–Crippen LogP) is 2.45. The quantitative estimate of drug-likeness (QED) is 0.621. The van der Waals surface area contributed by atoms with Gasteiger partial charge < -0.3 is 5.11 Å². The van der Waals surface area contributed by atoms with Gasteiger partial charge >= 0.3 is 5.97 Å². The van der Waals surface area contributed by atoms with E-state index in [0.717, 1.165) is 6.42 Å². The molecule has 1 N–H and O–H groups in total. The van der Waals surface area contributed by atoms with E-state index >= 15 is 0 Å². The number of hydrogen-bond acceptors (Lipinski definition) is 1. The van der Waals surface area contributed by atoms with E-state index in [9.17, 15) is 4.79 Å². The summed E-state index contributed by atoms with van der Waals surface area (Å²) < 4.78 is 0. The molecule has 0 unspecified atom stereocenters. The molecule has 0 aliphatic rings. The minimum Gasteiger partial charge on any atom is -0.478 e. The van der Waals surface area contributed by atoms with Crippen LogP contribution in [0.15, 0.2) is 12.2 Å². The van der Waals surface area contributed by atoms with Gasteiger partial charge in [-0.3, -0.25) is 0 Å². The summed E-state index contributed by atoms with van der Waals surface area (Å²) in [4.78, 5) is 10.1. The molecule has 0 rings (SSSR count). The van der Waals surface area contributed by atoms with Crippen LogP contribution in [0, 0.1) is 5.92 Å². The lowest BCUT2D eigenvalue weighted by atomic mass is 10.0. The van der Waals surface area contributed by atoms with Gasteiger partial charge in [-0.15, -0.1) is 0 Å². The van der Waals surface area contributed by atoms with Crippen LogP contribution in [0.5, 0.6) is 0 Å². The van der Waals surface area contributed by atoms with E-state index in [2.05, 4.69) is 13.8 Å². The Balaban J connectivity index is 3.44. The number of allylic oxidation sites excluding steroid dienone is 1. The molecular weight excluding hydrogens is 140 g/mol. The van der Waals surface area contributed by atoms with Crippen LogP contribution >= 0.6 is 0 Å². The fraction of sp³-hybridized carbons (Fsp3) is 0.667. The number of carboxylic acid groups (broad SMARTS) is 1. The van der Waals surface area contributed by atoms with Crippen LogP contribution in [-0.2, 0) is 4.79 Å². The number of carboxylic acids is 1. The Morgan fingerprint density at radius 2 is 2.27 bits per heavy atom. The van der Waals surface area contributed by atoms with E-state index in [-0.39, 0.29) is 0 Å². The Hall–Kier alpha value is -0.790. The van der Waals surface area contributed by atoms with Crippen molar-refractivity contribution >= 4 is 5.97 Å².